The van der Waals surface area contributed by atoms with Crippen LogP contribution in [0, 0.1) is 0 Å². The third kappa shape index (κ3) is 2.54. The van der Waals surface area contributed by atoms with Crippen LogP contribution in [0.25, 0.3) is 0 Å². The molecule has 0 aromatic carbocycles. The molecular formula is C14H23N3O2. The first-order chi connectivity index (χ1) is 9.22. The Morgan fingerprint density at radius 1 is 1.53 bits per heavy atom. The predicted octanol–water partition coefficient (Wildman–Crippen LogP) is 2.39. The lowest BCUT2D eigenvalue weighted by atomic mass is 9.89. The second-order valence-electron chi connectivity index (χ2n) is 5.93. The molecule has 19 heavy (non-hydrogen) atoms. The third-order valence-corrected chi connectivity index (χ3v) is 4.61. The van der Waals surface area contributed by atoms with E-state index in [-0.39, 0.29) is 5.60 Å². The summed E-state index contributed by atoms with van der Waals surface area (Å²) >= 11 is 0. The Labute approximate surface area is 114 Å². The van der Waals surface area contributed by atoms with Gasteiger partial charge in [-0.3, -0.25) is 0 Å². The van der Waals surface area contributed by atoms with Crippen LogP contribution in [0.5, 0.6) is 0 Å². The summed E-state index contributed by atoms with van der Waals surface area (Å²) in [5.41, 5.74) is 0.785. The number of aromatic nitrogens is 3. The van der Waals surface area contributed by atoms with Crippen LogP contribution in [-0.2, 0) is 4.74 Å². The number of hydrogen-bond donors (Lipinski definition) is 1. The van der Waals surface area contributed by atoms with Crippen molar-refractivity contribution in [3.05, 3.63) is 11.9 Å². The molecule has 2 unspecified atom stereocenters. The summed E-state index contributed by atoms with van der Waals surface area (Å²) in [6.07, 6.45) is 9.06. The van der Waals surface area contributed by atoms with Gasteiger partial charge in [0, 0.05) is 6.61 Å². The molecule has 5 heteroatoms. The van der Waals surface area contributed by atoms with Crippen molar-refractivity contribution in [3.63, 3.8) is 0 Å². The number of nitrogens with zero attached hydrogens (tertiary/aromatic N) is 3. The van der Waals surface area contributed by atoms with Crippen LogP contribution in [0.3, 0.4) is 0 Å². The number of hydrogen-bond acceptors (Lipinski definition) is 4. The van der Waals surface area contributed by atoms with Crippen LogP contribution in [0.2, 0.25) is 0 Å². The van der Waals surface area contributed by atoms with Crippen molar-refractivity contribution in [1.82, 2.24) is 15.0 Å². The maximum Gasteiger partial charge on any atom is 0.111 e. The fourth-order valence-corrected chi connectivity index (χ4v) is 3.43. The van der Waals surface area contributed by atoms with Gasteiger partial charge in [-0.05, 0) is 32.1 Å². The topological polar surface area (TPSA) is 60.2 Å². The van der Waals surface area contributed by atoms with Crippen molar-refractivity contribution < 1.29 is 9.84 Å². The summed E-state index contributed by atoms with van der Waals surface area (Å²) < 4.78 is 7.98. The molecule has 1 aromatic rings. The summed E-state index contributed by atoms with van der Waals surface area (Å²) in [5, 5.41) is 18.1. The van der Waals surface area contributed by atoms with E-state index >= 15 is 0 Å². The normalized spacial score (nSPS) is 27.8. The highest BCUT2D eigenvalue weighted by atomic mass is 16.5. The van der Waals surface area contributed by atoms with Gasteiger partial charge in [-0.25, -0.2) is 4.68 Å². The van der Waals surface area contributed by atoms with E-state index in [0.29, 0.717) is 18.2 Å². The number of ether oxygens (including phenoxy) is 1. The van der Waals surface area contributed by atoms with E-state index in [1.807, 2.05) is 17.8 Å². The van der Waals surface area contributed by atoms with Gasteiger partial charge in [-0.2, -0.15) is 0 Å². The van der Waals surface area contributed by atoms with Crippen molar-refractivity contribution in [2.75, 3.05) is 6.61 Å². The molecule has 2 aliphatic rings. The highest BCUT2D eigenvalue weighted by molar-refractivity contribution is 5.00. The summed E-state index contributed by atoms with van der Waals surface area (Å²) in [7, 11) is 0. The average Bonchev–Trinajstić information content (AvgIpc) is 3.08. The van der Waals surface area contributed by atoms with Crippen LogP contribution in [0.15, 0.2) is 6.20 Å². The smallest absolute Gasteiger partial charge is 0.111 e. The maximum atomic E-state index is 9.81. The second-order valence-corrected chi connectivity index (χ2v) is 5.93. The minimum absolute atomic E-state index is 0.0956. The van der Waals surface area contributed by atoms with Gasteiger partial charge in [-0.1, -0.05) is 25.0 Å². The van der Waals surface area contributed by atoms with Crippen molar-refractivity contribution in [2.24, 2.45) is 0 Å². The molecule has 1 aliphatic heterocycles. The molecule has 1 saturated heterocycles. The van der Waals surface area contributed by atoms with Gasteiger partial charge in [0.15, 0.2) is 0 Å². The summed E-state index contributed by atoms with van der Waals surface area (Å²) in [5.74, 6) is 0. The summed E-state index contributed by atoms with van der Waals surface area (Å²) in [6, 6.07) is 0.372. The standard InChI is InChI=1S/C14H23N3O2/c1-2-13(18)12-10-17(16-15-12)11-5-8-19-14(9-11)6-3-4-7-14/h10-11,13,18H,2-9H2,1H3. The highest BCUT2D eigenvalue weighted by Gasteiger charge is 2.40. The molecule has 3 rings (SSSR count). The van der Waals surface area contributed by atoms with Crippen LogP contribution >= 0.6 is 0 Å². The van der Waals surface area contributed by atoms with Crippen LogP contribution in [0.4, 0.5) is 0 Å². The van der Waals surface area contributed by atoms with E-state index in [4.69, 9.17) is 4.74 Å². The second kappa shape index (κ2) is 5.21. The molecule has 2 fully saturated rings. The first kappa shape index (κ1) is 13.1. The fourth-order valence-electron chi connectivity index (χ4n) is 3.43. The SMILES string of the molecule is CCC(O)c1cn(C2CCOC3(CCCC3)C2)nn1. The van der Waals surface area contributed by atoms with Crippen molar-refractivity contribution in [3.8, 4) is 0 Å². The molecule has 1 aromatic heterocycles. The number of rotatable bonds is 3. The zero-order chi connectivity index (χ0) is 13.3. The molecule has 1 aliphatic carbocycles. The minimum Gasteiger partial charge on any atom is -0.387 e. The Kier molecular flexibility index (Phi) is 3.58. The number of aliphatic hydroxyl groups is 1. The molecule has 2 atom stereocenters. The zero-order valence-electron chi connectivity index (χ0n) is 11.6. The van der Waals surface area contributed by atoms with Gasteiger partial charge in [0.05, 0.1) is 23.9 Å². The van der Waals surface area contributed by atoms with E-state index in [1.54, 1.807) is 0 Å². The van der Waals surface area contributed by atoms with Crippen LogP contribution < -0.4 is 0 Å². The third-order valence-electron chi connectivity index (χ3n) is 4.61. The van der Waals surface area contributed by atoms with E-state index in [2.05, 4.69) is 10.3 Å². The Hall–Kier alpha value is -0.940. The fraction of sp³-hybridized carbons (Fsp3) is 0.857. The molecule has 0 bridgehead atoms. The Morgan fingerprint density at radius 3 is 3.05 bits per heavy atom. The van der Waals surface area contributed by atoms with Crippen LogP contribution in [0.1, 0.15) is 69.7 Å². The van der Waals surface area contributed by atoms with E-state index in [1.165, 1.54) is 25.7 Å². The Balaban J connectivity index is 1.73. The van der Waals surface area contributed by atoms with Gasteiger partial charge < -0.3 is 9.84 Å². The predicted molar refractivity (Wildman–Crippen MR) is 70.7 cm³/mol. The average molecular weight is 265 g/mol. The van der Waals surface area contributed by atoms with E-state index < -0.39 is 6.10 Å². The molecule has 1 spiro atoms. The molecule has 2 heterocycles. The Morgan fingerprint density at radius 2 is 2.32 bits per heavy atom. The van der Waals surface area contributed by atoms with Gasteiger partial charge in [0.25, 0.3) is 0 Å². The van der Waals surface area contributed by atoms with Crippen molar-refractivity contribution >= 4 is 0 Å². The lowest BCUT2D eigenvalue weighted by Gasteiger charge is -2.38. The molecule has 0 amide bonds. The molecule has 5 nitrogen and oxygen atoms in total. The first-order valence-electron chi connectivity index (χ1n) is 7.46. The molecular weight excluding hydrogens is 242 g/mol. The van der Waals surface area contributed by atoms with E-state index in [0.717, 1.165) is 19.4 Å². The van der Waals surface area contributed by atoms with Gasteiger partial charge >= 0.3 is 0 Å². The molecule has 1 N–H and O–H groups in total. The lowest BCUT2D eigenvalue weighted by Crippen LogP contribution is -2.38. The van der Waals surface area contributed by atoms with Crippen LogP contribution in [-0.4, -0.2) is 32.3 Å². The minimum atomic E-state index is -0.492. The van der Waals surface area contributed by atoms with Crippen molar-refractivity contribution in [1.29, 1.82) is 0 Å². The quantitative estimate of drug-likeness (QED) is 0.911. The highest BCUT2D eigenvalue weighted by Crippen LogP contribution is 2.43. The molecule has 1 saturated carbocycles. The number of aliphatic hydroxyl groups excluding tert-OH is 1. The van der Waals surface area contributed by atoms with E-state index in [9.17, 15) is 5.11 Å². The monoisotopic (exact) mass is 265 g/mol. The molecule has 106 valence electrons. The zero-order valence-corrected chi connectivity index (χ0v) is 11.6. The summed E-state index contributed by atoms with van der Waals surface area (Å²) in [6.45, 7) is 2.77. The lowest BCUT2D eigenvalue weighted by molar-refractivity contribution is -0.0911. The maximum absolute atomic E-state index is 9.81. The van der Waals surface area contributed by atoms with Gasteiger partial charge in [0.1, 0.15) is 5.69 Å². The first-order valence-corrected chi connectivity index (χ1v) is 7.46. The Bertz CT molecular complexity index is 426. The molecule has 0 radical (unpaired) electrons. The largest absolute Gasteiger partial charge is 0.387 e. The van der Waals surface area contributed by atoms with Gasteiger partial charge in [0.2, 0.25) is 0 Å². The van der Waals surface area contributed by atoms with Crippen molar-refractivity contribution in [2.45, 2.75) is 69.6 Å². The van der Waals surface area contributed by atoms with Gasteiger partial charge in [-0.15, -0.1) is 5.10 Å². The summed E-state index contributed by atoms with van der Waals surface area (Å²) in [4.78, 5) is 0.